The van der Waals surface area contributed by atoms with E-state index in [1.54, 1.807) is 0 Å². The molecule has 4 nitrogen and oxygen atoms in total. The predicted octanol–water partition coefficient (Wildman–Crippen LogP) is 4.19. The van der Waals surface area contributed by atoms with Gasteiger partial charge in [0.2, 0.25) is 0 Å². The minimum absolute atomic E-state index is 0.337. The standard InChI is InChI=1S/C17H30N4/c1-10(2)15-20-16(18-6)13(5)17(21-15)19-14-8-7-11(3)12(4)9-14/h10-12,14H,7-9H2,1-6H3,(H2,18,19,20,21). The molecular weight excluding hydrogens is 260 g/mol. The van der Waals surface area contributed by atoms with Crippen LogP contribution in [-0.4, -0.2) is 23.1 Å². The maximum absolute atomic E-state index is 4.76. The van der Waals surface area contributed by atoms with Gasteiger partial charge < -0.3 is 10.6 Å². The predicted molar refractivity (Wildman–Crippen MR) is 90.0 cm³/mol. The number of rotatable bonds is 4. The summed E-state index contributed by atoms with van der Waals surface area (Å²) in [6.07, 6.45) is 3.77. The van der Waals surface area contributed by atoms with Gasteiger partial charge in [0.1, 0.15) is 17.5 Å². The average Bonchev–Trinajstić information content (AvgIpc) is 2.44. The topological polar surface area (TPSA) is 49.8 Å². The molecule has 1 aromatic heterocycles. The Kier molecular flexibility index (Phi) is 5.07. The van der Waals surface area contributed by atoms with Gasteiger partial charge in [-0.2, -0.15) is 0 Å². The normalized spacial score (nSPS) is 26.0. The first-order chi connectivity index (χ1) is 9.92. The Morgan fingerprint density at radius 1 is 1.05 bits per heavy atom. The summed E-state index contributed by atoms with van der Waals surface area (Å²) in [5, 5.41) is 6.87. The Morgan fingerprint density at radius 3 is 2.29 bits per heavy atom. The number of aromatic nitrogens is 2. The molecule has 3 atom stereocenters. The Bertz CT molecular complexity index is 484. The molecule has 0 bridgehead atoms. The average molecular weight is 290 g/mol. The van der Waals surface area contributed by atoms with E-state index < -0.39 is 0 Å². The third-order valence-corrected chi connectivity index (χ3v) is 4.86. The van der Waals surface area contributed by atoms with Crippen molar-refractivity contribution in [2.24, 2.45) is 11.8 Å². The molecule has 4 heteroatoms. The molecule has 0 amide bonds. The highest BCUT2D eigenvalue weighted by Gasteiger charge is 2.25. The fourth-order valence-electron chi connectivity index (χ4n) is 3.05. The third-order valence-electron chi connectivity index (χ3n) is 4.86. The van der Waals surface area contributed by atoms with Gasteiger partial charge in [0.15, 0.2) is 0 Å². The number of anilines is 2. The summed E-state index contributed by atoms with van der Waals surface area (Å²) in [7, 11) is 1.92. The van der Waals surface area contributed by atoms with E-state index in [-0.39, 0.29) is 0 Å². The Hall–Kier alpha value is -1.32. The summed E-state index contributed by atoms with van der Waals surface area (Å²) >= 11 is 0. The van der Waals surface area contributed by atoms with Crippen molar-refractivity contribution in [1.29, 1.82) is 0 Å². The van der Waals surface area contributed by atoms with Gasteiger partial charge >= 0.3 is 0 Å². The minimum Gasteiger partial charge on any atom is -0.373 e. The number of hydrogen-bond acceptors (Lipinski definition) is 4. The van der Waals surface area contributed by atoms with Gasteiger partial charge in [-0.3, -0.25) is 0 Å². The van der Waals surface area contributed by atoms with Crippen LogP contribution in [0.15, 0.2) is 0 Å². The van der Waals surface area contributed by atoms with E-state index in [2.05, 4.69) is 50.2 Å². The molecule has 1 aliphatic rings. The highest BCUT2D eigenvalue weighted by molar-refractivity contribution is 5.57. The highest BCUT2D eigenvalue weighted by atomic mass is 15.1. The fraction of sp³-hybridized carbons (Fsp3) is 0.765. The molecule has 0 spiro atoms. The van der Waals surface area contributed by atoms with Gasteiger partial charge in [0.25, 0.3) is 0 Å². The summed E-state index contributed by atoms with van der Waals surface area (Å²) in [6.45, 7) is 11.1. The van der Waals surface area contributed by atoms with Crippen LogP contribution in [0, 0.1) is 18.8 Å². The van der Waals surface area contributed by atoms with Crippen molar-refractivity contribution in [3.05, 3.63) is 11.4 Å². The first-order valence-corrected chi connectivity index (χ1v) is 8.25. The molecule has 1 fully saturated rings. The van der Waals surface area contributed by atoms with Crippen LogP contribution in [0.5, 0.6) is 0 Å². The van der Waals surface area contributed by atoms with Gasteiger partial charge in [0.05, 0.1) is 0 Å². The summed E-state index contributed by atoms with van der Waals surface area (Å²) in [6, 6.07) is 0.537. The van der Waals surface area contributed by atoms with E-state index in [0.717, 1.165) is 34.9 Å². The monoisotopic (exact) mass is 290 g/mol. The molecule has 0 saturated heterocycles. The van der Waals surface area contributed by atoms with Gasteiger partial charge in [-0.15, -0.1) is 0 Å². The molecule has 2 rings (SSSR count). The van der Waals surface area contributed by atoms with E-state index in [1.165, 1.54) is 19.3 Å². The number of nitrogens with one attached hydrogen (secondary N) is 2. The van der Waals surface area contributed by atoms with Crippen LogP contribution in [0.4, 0.5) is 11.6 Å². The molecular formula is C17H30N4. The molecule has 0 aliphatic heterocycles. The molecule has 2 N–H and O–H groups in total. The lowest BCUT2D eigenvalue weighted by Crippen LogP contribution is -2.31. The number of nitrogens with zero attached hydrogens (tertiary/aromatic N) is 2. The Balaban J connectivity index is 2.20. The van der Waals surface area contributed by atoms with Crippen molar-refractivity contribution < 1.29 is 0 Å². The van der Waals surface area contributed by atoms with Crippen molar-refractivity contribution in [3.8, 4) is 0 Å². The van der Waals surface area contributed by atoms with E-state index in [0.29, 0.717) is 12.0 Å². The van der Waals surface area contributed by atoms with E-state index in [4.69, 9.17) is 4.98 Å². The van der Waals surface area contributed by atoms with E-state index >= 15 is 0 Å². The second kappa shape index (κ2) is 6.63. The molecule has 3 unspecified atom stereocenters. The van der Waals surface area contributed by atoms with Gasteiger partial charge in [-0.05, 0) is 38.0 Å². The summed E-state index contributed by atoms with van der Waals surface area (Å²) in [4.78, 5) is 9.37. The van der Waals surface area contributed by atoms with Crippen LogP contribution in [0.25, 0.3) is 0 Å². The van der Waals surface area contributed by atoms with E-state index in [9.17, 15) is 0 Å². The summed E-state index contributed by atoms with van der Waals surface area (Å²) < 4.78 is 0. The smallest absolute Gasteiger partial charge is 0.135 e. The lowest BCUT2D eigenvalue weighted by molar-refractivity contribution is 0.260. The van der Waals surface area contributed by atoms with Gasteiger partial charge in [-0.25, -0.2) is 9.97 Å². The highest BCUT2D eigenvalue weighted by Crippen LogP contribution is 2.32. The SMILES string of the molecule is CNc1nc(C(C)C)nc(NC2CCC(C)C(C)C2)c1C. The second-order valence-electron chi connectivity index (χ2n) is 6.92. The van der Waals surface area contributed by atoms with Crippen molar-refractivity contribution in [2.75, 3.05) is 17.7 Å². The maximum atomic E-state index is 4.76. The molecule has 21 heavy (non-hydrogen) atoms. The minimum atomic E-state index is 0.337. The van der Waals surface area contributed by atoms with Crippen LogP contribution in [0.1, 0.15) is 64.3 Å². The largest absolute Gasteiger partial charge is 0.373 e. The quantitative estimate of drug-likeness (QED) is 0.873. The lowest BCUT2D eigenvalue weighted by atomic mass is 9.79. The van der Waals surface area contributed by atoms with Crippen molar-refractivity contribution in [2.45, 2.75) is 65.8 Å². The van der Waals surface area contributed by atoms with Crippen molar-refractivity contribution in [3.63, 3.8) is 0 Å². The third kappa shape index (κ3) is 3.66. The van der Waals surface area contributed by atoms with Crippen LogP contribution < -0.4 is 10.6 Å². The molecule has 0 aromatic carbocycles. The molecule has 118 valence electrons. The first-order valence-electron chi connectivity index (χ1n) is 8.25. The lowest BCUT2D eigenvalue weighted by Gasteiger charge is -2.33. The molecule has 1 saturated carbocycles. The molecule has 0 radical (unpaired) electrons. The summed E-state index contributed by atoms with van der Waals surface area (Å²) in [5.74, 6) is 4.81. The molecule has 1 heterocycles. The maximum Gasteiger partial charge on any atom is 0.135 e. The first kappa shape index (κ1) is 16.1. The van der Waals surface area contributed by atoms with Gasteiger partial charge in [-0.1, -0.05) is 27.7 Å². The Labute approximate surface area is 129 Å². The number of hydrogen-bond donors (Lipinski definition) is 2. The van der Waals surface area contributed by atoms with Crippen molar-refractivity contribution >= 4 is 11.6 Å². The van der Waals surface area contributed by atoms with Crippen LogP contribution in [-0.2, 0) is 0 Å². The van der Waals surface area contributed by atoms with E-state index in [1.807, 2.05) is 7.05 Å². The zero-order valence-electron chi connectivity index (χ0n) is 14.3. The zero-order chi connectivity index (χ0) is 15.6. The van der Waals surface area contributed by atoms with Crippen LogP contribution >= 0.6 is 0 Å². The second-order valence-corrected chi connectivity index (χ2v) is 6.92. The Morgan fingerprint density at radius 2 is 1.71 bits per heavy atom. The summed E-state index contributed by atoms with van der Waals surface area (Å²) in [5.41, 5.74) is 1.12. The van der Waals surface area contributed by atoms with Crippen LogP contribution in [0.3, 0.4) is 0 Å². The fourth-order valence-corrected chi connectivity index (χ4v) is 3.05. The van der Waals surface area contributed by atoms with Gasteiger partial charge in [0, 0.05) is 24.6 Å². The molecule has 1 aromatic rings. The van der Waals surface area contributed by atoms with Crippen molar-refractivity contribution in [1.82, 2.24) is 9.97 Å². The van der Waals surface area contributed by atoms with Crippen LogP contribution in [0.2, 0.25) is 0 Å². The molecule has 1 aliphatic carbocycles. The zero-order valence-corrected chi connectivity index (χ0v) is 14.3.